The smallest absolute Gasteiger partial charge is 0.254 e. The number of nitrogens with two attached hydrogens (primary N) is 1. The number of likely N-dealkylation sites (N-methyl/N-ethyl adjacent to an activating group) is 1. The lowest BCUT2D eigenvalue weighted by Gasteiger charge is -2.15. The number of primary amides is 1. The molecule has 0 unspecified atom stereocenters. The van der Waals surface area contributed by atoms with E-state index in [1.807, 2.05) is 6.92 Å². The molecule has 86 valence electrons. The van der Waals surface area contributed by atoms with Crippen molar-refractivity contribution in [3.63, 3.8) is 0 Å². The summed E-state index contributed by atoms with van der Waals surface area (Å²) in [5.74, 6) is -0.737. The number of hydrogen-bond donors (Lipinski definition) is 1. The maximum absolute atomic E-state index is 11.8. The van der Waals surface area contributed by atoms with Crippen molar-refractivity contribution in [1.82, 2.24) is 4.90 Å². The number of benzene rings is 1. The average Bonchev–Trinajstić information content (AvgIpc) is 2.20. The van der Waals surface area contributed by atoms with Gasteiger partial charge < -0.3 is 10.6 Å². The molecule has 5 heteroatoms. The van der Waals surface area contributed by atoms with E-state index < -0.39 is 5.91 Å². The lowest BCUT2D eigenvalue weighted by molar-refractivity contribution is -0.118. The van der Waals surface area contributed by atoms with Crippen LogP contribution in [0.25, 0.3) is 0 Å². The van der Waals surface area contributed by atoms with Crippen LogP contribution in [0.1, 0.15) is 15.9 Å². The lowest BCUT2D eigenvalue weighted by atomic mass is 10.1. The number of carbonyl (C=O) groups is 2. The number of nitrogens with zero attached hydrogens (tertiary/aromatic N) is 1. The van der Waals surface area contributed by atoms with Crippen molar-refractivity contribution in [2.45, 2.75) is 6.92 Å². The Labute approximate surface area is 103 Å². The first-order valence-corrected chi connectivity index (χ1v) is 5.51. The van der Waals surface area contributed by atoms with Gasteiger partial charge >= 0.3 is 0 Å². The number of rotatable bonds is 3. The minimum absolute atomic E-state index is 0.0755. The van der Waals surface area contributed by atoms with Crippen molar-refractivity contribution in [3.05, 3.63) is 33.8 Å². The highest BCUT2D eigenvalue weighted by Gasteiger charge is 2.13. The van der Waals surface area contributed by atoms with Crippen LogP contribution in [-0.2, 0) is 4.79 Å². The fourth-order valence-corrected chi connectivity index (χ4v) is 1.55. The number of halogens is 1. The standard InChI is InChI=1S/C11H13BrN2O2/c1-7-5-8(3-4-9(7)12)11(16)14(2)6-10(13)15/h3-5H,6H2,1-2H3,(H2,13,15). The van der Waals surface area contributed by atoms with Crippen LogP contribution in [-0.4, -0.2) is 30.3 Å². The molecular formula is C11H13BrN2O2. The second kappa shape index (κ2) is 5.12. The van der Waals surface area contributed by atoms with Crippen molar-refractivity contribution in [3.8, 4) is 0 Å². The highest BCUT2D eigenvalue weighted by Crippen LogP contribution is 2.17. The Bertz CT molecular complexity index is 432. The Morgan fingerprint density at radius 1 is 1.44 bits per heavy atom. The van der Waals surface area contributed by atoms with Crippen molar-refractivity contribution in [2.24, 2.45) is 5.73 Å². The minimum Gasteiger partial charge on any atom is -0.368 e. The van der Waals surface area contributed by atoms with Crippen LogP contribution in [0.4, 0.5) is 0 Å². The van der Waals surface area contributed by atoms with Gasteiger partial charge in [-0.15, -0.1) is 0 Å². The van der Waals surface area contributed by atoms with Gasteiger partial charge in [0, 0.05) is 17.1 Å². The van der Waals surface area contributed by atoms with E-state index >= 15 is 0 Å². The molecule has 1 aromatic carbocycles. The first-order valence-electron chi connectivity index (χ1n) is 4.71. The largest absolute Gasteiger partial charge is 0.368 e. The number of hydrogen-bond acceptors (Lipinski definition) is 2. The number of amides is 2. The van der Waals surface area contributed by atoms with Gasteiger partial charge in [0.2, 0.25) is 5.91 Å². The summed E-state index contributed by atoms with van der Waals surface area (Å²) in [4.78, 5) is 23.8. The van der Waals surface area contributed by atoms with Gasteiger partial charge in [0.1, 0.15) is 0 Å². The molecule has 0 aliphatic carbocycles. The van der Waals surface area contributed by atoms with E-state index in [1.54, 1.807) is 25.2 Å². The van der Waals surface area contributed by atoms with Gasteiger partial charge in [-0.3, -0.25) is 9.59 Å². The third-order valence-corrected chi connectivity index (χ3v) is 3.03. The Morgan fingerprint density at radius 3 is 2.56 bits per heavy atom. The molecule has 1 aromatic rings. The molecule has 0 bridgehead atoms. The molecule has 0 aliphatic heterocycles. The van der Waals surface area contributed by atoms with Crippen LogP contribution in [0.3, 0.4) is 0 Å². The van der Waals surface area contributed by atoms with Gasteiger partial charge in [0.25, 0.3) is 5.91 Å². The van der Waals surface area contributed by atoms with Gasteiger partial charge in [-0.05, 0) is 30.7 Å². The van der Waals surface area contributed by atoms with Gasteiger partial charge in [0.05, 0.1) is 6.54 Å². The summed E-state index contributed by atoms with van der Waals surface area (Å²) in [6.45, 7) is 1.82. The normalized spacial score (nSPS) is 9.94. The molecule has 2 amide bonds. The molecule has 1 rings (SSSR count). The first-order chi connectivity index (χ1) is 7.41. The molecule has 16 heavy (non-hydrogen) atoms. The summed E-state index contributed by atoms with van der Waals surface area (Å²) in [7, 11) is 1.55. The van der Waals surface area contributed by atoms with Crippen molar-refractivity contribution >= 4 is 27.7 Å². The Balaban J connectivity index is 2.88. The molecule has 0 radical (unpaired) electrons. The summed E-state index contributed by atoms with van der Waals surface area (Å²) in [5, 5.41) is 0. The first kappa shape index (κ1) is 12.7. The Morgan fingerprint density at radius 2 is 2.06 bits per heavy atom. The van der Waals surface area contributed by atoms with Gasteiger partial charge in [-0.25, -0.2) is 0 Å². The maximum atomic E-state index is 11.8. The molecule has 0 spiro atoms. The fraction of sp³-hybridized carbons (Fsp3) is 0.273. The van der Waals surface area contributed by atoms with Crippen LogP contribution in [0.5, 0.6) is 0 Å². The predicted molar refractivity (Wildman–Crippen MR) is 65.0 cm³/mol. The summed E-state index contributed by atoms with van der Waals surface area (Å²) < 4.78 is 0.946. The summed E-state index contributed by atoms with van der Waals surface area (Å²) in [6, 6.07) is 5.28. The molecule has 2 N–H and O–H groups in total. The second-order valence-electron chi connectivity index (χ2n) is 3.59. The molecule has 0 aromatic heterocycles. The topological polar surface area (TPSA) is 63.4 Å². The number of carbonyl (C=O) groups excluding carboxylic acids is 2. The van der Waals surface area contributed by atoms with E-state index in [-0.39, 0.29) is 12.5 Å². The van der Waals surface area contributed by atoms with Crippen LogP contribution >= 0.6 is 15.9 Å². The highest BCUT2D eigenvalue weighted by atomic mass is 79.9. The van der Waals surface area contributed by atoms with Gasteiger partial charge in [-0.1, -0.05) is 15.9 Å². The van der Waals surface area contributed by atoms with E-state index in [1.165, 1.54) is 4.90 Å². The second-order valence-corrected chi connectivity index (χ2v) is 4.45. The van der Waals surface area contributed by atoms with E-state index in [4.69, 9.17) is 5.73 Å². The summed E-state index contributed by atoms with van der Waals surface area (Å²) in [5.41, 5.74) is 6.54. The third-order valence-electron chi connectivity index (χ3n) is 2.14. The Hall–Kier alpha value is -1.36. The predicted octanol–water partition coefficient (Wildman–Crippen LogP) is 1.31. The zero-order valence-corrected chi connectivity index (χ0v) is 10.7. The van der Waals surface area contributed by atoms with E-state index in [2.05, 4.69) is 15.9 Å². The Kier molecular flexibility index (Phi) is 4.06. The minimum atomic E-state index is -0.523. The van der Waals surface area contributed by atoms with Crippen molar-refractivity contribution in [2.75, 3.05) is 13.6 Å². The summed E-state index contributed by atoms with van der Waals surface area (Å²) in [6.07, 6.45) is 0. The SMILES string of the molecule is Cc1cc(C(=O)N(C)CC(N)=O)ccc1Br. The zero-order valence-electron chi connectivity index (χ0n) is 9.16. The average molecular weight is 285 g/mol. The van der Waals surface area contributed by atoms with Crippen LogP contribution in [0, 0.1) is 6.92 Å². The van der Waals surface area contributed by atoms with E-state index in [9.17, 15) is 9.59 Å². The van der Waals surface area contributed by atoms with Crippen LogP contribution in [0.2, 0.25) is 0 Å². The lowest BCUT2D eigenvalue weighted by Crippen LogP contribution is -2.35. The molecular weight excluding hydrogens is 272 g/mol. The number of aryl methyl sites for hydroxylation is 1. The van der Waals surface area contributed by atoms with E-state index in [0.717, 1.165) is 10.0 Å². The monoisotopic (exact) mass is 284 g/mol. The molecule has 0 heterocycles. The van der Waals surface area contributed by atoms with Crippen molar-refractivity contribution in [1.29, 1.82) is 0 Å². The molecule has 4 nitrogen and oxygen atoms in total. The molecule has 0 atom stereocenters. The summed E-state index contributed by atoms with van der Waals surface area (Å²) >= 11 is 3.36. The van der Waals surface area contributed by atoms with Crippen molar-refractivity contribution < 1.29 is 9.59 Å². The zero-order chi connectivity index (χ0) is 12.3. The quantitative estimate of drug-likeness (QED) is 0.910. The van der Waals surface area contributed by atoms with E-state index in [0.29, 0.717) is 5.56 Å². The van der Waals surface area contributed by atoms with Gasteiger partial charge in [-0.2, -0.15) is 0 Å². The maximum Gasteiger partial charge on any atom is 0.254 e. The van der Waals surface area contributed by atoms with Crippen LogP contribution < -0.4 is 5.73 Å². The van der Waals surface area contributed by atoms with Gasteiger partial charge in [0.15, 0.2) is 0 Å². The highest BCUT2D eigenvalue weighted by molar-refractivity contribution is 9.10. The molecule has 0 aliphatic rings. The molecule has 0 saturated heterocycles. The van der Waals surface area contributed by atoms with Crippen LogP contribution in [0.15, 0.2) is 22.7 Å². The molecule has 0 saturated carbocycles. The fourth-order valence-electron chi connectivity index (χ4n) is 1.30. The molecule has 0 fully saturated rings. The third kappa shape index (κ3) is 3.06.